The Morgan fingerprint density at radius 2 is 2.11 bits per heavy atom. The highest BCUT2D eigenvalue weighted by atomic mass is 32.1. The Balaban J connectivity index is 1.96. The summed E-state index contributed by atoms with van der Waals surface area (Å²) in [4.78, 5) is 2.51. The number of aromatic amines is 1. The number of H-pyrrole nitrogens is 1. The van der Waals surface area contributed by atoms with Crippen LogP contribution in [0.1, 0.15) is 17.8 Å². The molecular weight excluding hydrogens is 294 g/mol. The molecule has 98 valence electrons. The van der Waals surface area contributed by atoms with E-state index in [1.54, 1.807) is 22.7 Å². The highest BCUT2D eigenvalue weighted by molar-refractivity contribution is 7.71. The van der Waals surface area contributed by atoms with Crippen LogP contribution in [0.15, 0.2) is 35.0 Å². The van der Waals surface area contributed by atoms with E-state index in [4.69, 9.17) is 12.2 Å². The van der Waals surface area contributed by atoms with Crippen LogP contribution in [0.4, 0.5) is 0 Å². The fourth-order valence-corrected chi connectivity index (χ4v) is 3.95. The first kappa shape index (κ1) is 12.8. The molecule has 3 heterocycles. The van der Waals surface area contributed by atoms with Crippen molar-refractivity contribution in [1.29, 1.82) is 0 Å². The molecule has 19 heavy (non-hydrogen) atoms. The van der Waals surface area contributed by atoms with Crippen molar-refractivity contribution in [2.75, 3.05) is 0 Å². The molecule has 0 saturated heterocycles. The van der Waals surface area contributed by atoms with Gasteiger partial charge in [0.05, 0.1) is 4.88 Å². The lowest BCUT2D eigenvalue weighted by atomic mass is 10.2. The Hall–Kier alpha value is -1.24. The number of nitrogens with one attached hydrogen (secondary N) is 1. The van der Waals surface area contributed by atoms with Crippen molar-refractivity contribution >= 4 is 34.9 Å². The van der Waals surface area contributed by atoms with Crippen molar-refractivity contribution in [3.63, 3.8) is 0 Å². The lowest BCUT2D eigenvalue weighted by molar-refractivity contribution is 0.546. The highest BCUT2D eigenvalue weighted by Gasteiger charge is 2.15. The Labute approximate surface area is 124 Å². The SMILES string of the molecule is CC(Cc1cccs1)n1c(-c2cccs2)n[nH]c1=S. The smallest absolute Gasteiger partial charge is 0.195 e. The minimum absolute atomic E-state index is 0.294. The fourth-order valence-electron chi connectivity index (χ4n) is 2.10. The lowest BCUT2D eigenvalue weighted by Gasteiger charge is -2.14. The van der Waals surface area contributed by atoms with Gasteiger partial charge in [-0.3, -0.25) is 9.67 Å². The highest BCUT2D eigenvalue weighted by Crippen LogP contribution is 2.27. The average molecular weight is 307 g/mol. The number of thiophene rings is 2. The van der Waals surface area contributed by atoms with E-state index >= 15 is 0 Å². The molecule has 0 aromatic carbocycles. The van der Waals surface area contributed by atoms with Crippen LogP contribution in [0.2, 0.25) is 0 Å². The maximum Gasteiger partial charge on any atom is 0.195 e. The van der Waals surface area contributed by atoms with Gasteiger partial charge in [-0.1, -0.05) is 12.1 Å². The van der Waals surface area contributed by atoms with E-state index in [2.05, 4.69) is 50.6 Å². The molecule has 0 saturated carbocycles. The first-order valence-corrected chi connectivity index (χ1v) is 8.15. The summed E-state index contributed by atoms with van der Waals surface area (Å²) < 4.78 is 2.80. The number of hydrogen-bond acceptors (Lipinski definition) is 4. The largest absolute Gasteiger partial charge is 0.296 e. The zero-order valence-corrected chi connectivity index (χ0v) is 12.8. The summed E-state index contributed by atoms with van der Waals surface area (Å²) in [6.07, 6.45) is 0.976. The van der Waals surface area contributed by atoms with Crippen molar-refractivity contribution in [1.82, 2.24) is 14.8 Å². The molecule has 1 N–H and O–H groups in total. The average Bonchev–Trinajstić information content (AvgIpc) is 3.07. The Morgan fingerprint density at radius 1 is 1.32 bits per heavy atom. The monoisotopic (exact) mass is 307 g/mol. The van der Waals surface area contributed by atoms with Gasteiger partial charge in [-0.05, 0) is 42.0 Å². The van der Waals surface area contributed by atoms with Gasteiger partial charge in [0.25, 0.3) is 0 Å². The van der Waals surface area contributed by atoms with E-state index in [0.29, 0.717) is 10.8 Å². The van der Waals surface area contributed by atoms with Crippen molar-refractivity contribution in [2.24, 2.45) is 0 Å². The predicted octanol–water partition coefficient (Wildman–Crippen LogP) is 4.53. The second kappa shape index (κ2) is 5.40. The maximum atomic E-state index is 5.37. The van der Waals surface area contributed by atoms with Crippen LogP contribution in [0.3, 0.4) is 0 Å². The number of nitrogens with zero attached hydrogens (tertiary/aromatic N) is 2. The Morgan fingerprint density at radius 3 is 2.79 bits per heavy atom. The zero-order valence-electron chi connectivity index (χ0n) is 10.4. The van der Waals surface area contributed by atoms with Crippen LogP contribution < -0.4 is 0 Å². The minimum Gasteiger partial charge on any atom is -0.296 e. The van der Waals surface area contributed by atoms with Gasteiger partial charge in [0.1, 0.15) is 0 Å². The van der Waals surface area contributed by atoms with Crippen molar-refractivity contribution < 1.29 is 0 Å². The van der Waals surface area contributed by atoms with Crippen LogP contribution in [0, 0.1) is 4.77 Å². The summed E-state index contributed by atoms with van der Waals surface area (Å²) in [6, 6.07) is 8.65. The van der Waals surface area contributed by atoms with E-state index < -0.39 is 0 Å². The molecule has 0 radical (unpaired) electrons. The van der Waals surface area contributed by atoms with Crippen LogP contribution in [0.5, 0.6) is 0 Å². The van der Waals surface area contributed by atoms with Crippen molar-refractivity contribution in [3.05, 3.63) is 44.7 Å². The summed E-state index contributed by atoms with van der Waals surface area (Å²) in [5.41, 5.74) is 0. The number of hydrogen-bond donors (Lipinski definition) is 1. The third-order valence-electron chi connectivity index (χ3n) is 2.96. The summed E-state index contributed by atoms with van der Waals surface area (Å²) in [6.45, 7) is 2.18. The van der Waals surface area contributed by atoms with Gasteiger partial charge in [0.2, 0.25) is 0 Å². The molecule has 0 amide bonds. The van der Waals surface area contributed by atoms with Crippen LogP contribution in [-0.2, 0) is 6.42 Å². The summed E-state index contributed by atoms with van der Waals surface area (Å²) in [5, 5.41) is 11.4. The molecule has 0 aliphatic rings. The second-order valence-corrected chi connectivity index (χ2v) is 6.70. The molecule has 0 aliphatic heterocycles. The molecule has 0 spiro atoms. The van der Waals surface area contributed by atoms with Gasteiger partial charge >= 0.3 is 0 Å². The molecular formula is C13H13N3S3. The van der Waals surface area contributed by atoms with E-state index in [0.717, 1.165) is 17.1 Å². The molecule has 3 rings (SSSR count). The molecule has 6 heteroatoms. The molecule has 3 aromatic rings. The quantitative estimate of drug-likeness (QED) is 0.718. The third kappa shape index (κ3) is 2.56. The van der Waals surface area contributed by atoms with E-state index in [-0.39, 0.29) is 0 Å². The third-order valence-corrected chi connectivity index (χ3v) is 5.02. The van der Waals surface area contributed by atoms with Crippen LogP contribution in [-0.4, -0.2) is 14.8 Å². The fraction of sp³-hybridized carbons (Fsp3) is 0.231. The van der Waals surface area contributed by atoms with Crippen molar-refractivity contribution in [3.8, 4) is 10.7 Å². The van der Waals surface area contributed by atoms with Crippen LogP contribution in [0.25, 0.3) is 10.7 Å². The number of rotatable bonds is 4. The Bertz CT molecular complexity index is 692. The normalized spacial score (nSPS) is 12.7. The molecule has 1 unspecified atom stereocenters. The van der Waals surface area contributed by atoms with E-state index in [9.17, 15) is 0 Å². The predicted molar refractivity (Wildman–Crippen MR) is 83.5 cm³/mol. The minimum atomic E-state index is 0.294. The molecule has 0 aliphatic carbocycles. The summed E-state index contributed by atoms with van der Waals surface area (Å²) in [5.74, 6) is 0.934. The van der Waals surface area contributed by atoms with Gasteiger partial charge in [-0.15, -0.1) is 22.7 Å². The first-order valence-electron chi connectivity index (χ1n) is 5.99. The summed E-state index contributed by atoms with van der Waals surface area (Å²) in [7, 11) is 0. The van der Waals surface area contributed by atoms with Crippen molar-refractivity contribution in [2.45, 2.75) is 19.4 Å². The lowest BCUT2D eigenvalue weighted by Crippen LogP contribution is -2.09. The second-order valence-electron chi connectivity index (χ2n) is 4.33. The van der Waals surface area contributed by atoms with Gasteiger partial charge in [0.15, 0.2) is 10.6 Å². The molecule has 3 nitrogen and oxygen atoms in total. The van der Waals surface area contributed by atoms with Gasteiger partial charge in [0, 0.05) is 17.3 Å². The zero-order chi connectivity index (χ0) is 13.2. The summed E-state index contributed by atoms with van der Waals surface area (Å²) >= 11 is 8.84. The molecule has 3 aromatic heterocycles. The standard InChI is InChI=1S/C13H13N3S3/c1-9(8-10-4-2-6-18-10)16-12(14-15-13(16)17)11-5-3-7-19-11/h2-7,9H,8H2,1H3,(H,15,17). The van der Waals surface area contributed by atoms with E-state index in [1.165, 1.54) is 4.88 Å². The topological polar surface area (TPSA) is 33.6 Å². The first-order chi connectivity index (χ1) is 9.25. The van der Waals surface area contributed by atoms with Gasteiger partial charge in [-0.25, -0.2) is 0 Å². The Kier molecular flexibility index (Phi) is 3.63. The van der Waals surface area contributed by atoms with E-state index in [1.807, 2.05) is 6.07 Å². The maximum absolute atomic E-state index is 5.37. The molecule has 0 bridgehead atoms. The molecule has 0 fully saturated rings. The van der Waals surface area contributed by atoms with Crippen LogP contribution >= 0.6 is 34.9 Å². The number of aromatic nitrogens is 3. The van der Waals surface area contributed by atoms with Gasteiger partial charge < -0.3 is 0 Å². The molecule has 1 atom stereocenters. The van der Waals surface area contributed by atoms with Gasteiger partial charge in [-0.2, -0.15) is 5.10 Å².